The van der Waals surface area contributed by atoms with E-state index in [9.17, 15) is 14.4 Å². The van der Waals surface area contributed by atoms with Gasteiger partial charge in [0.1, 0.15) is 18.8 Å². The quantitative estimate of drug-likeness (QED) is 0.433. The average molecular weight is 306 g/mol. The fourth-order valence-corrected chi connectivity index (χ4v) is 0.865. The molecule has 0 aromatic heterocycles. The third-order valence-electron chi connectivity index (χ3n) is 1.50. The summed E-state index contributed by atoms with van der Waals surface area (Å²) in [5, 5.41) is 2.46. The first-order chi connectivity index (χ1) is 9.58. The highest BCUT2D eigenvalue weighted by molar-refractivity contribution is 5.68. The topological polar surface area (TPSA) is 117 Å². The minimum Gasteiger partial charge on any atom is -0.465 e. The Balaban J connectivity index is 0. The van der Waals surface area contributed by atoms with Crippen LogP contribution in [-0.2, 0) is 23.8 Å². The van der Waals surface area contributed by atoms with Gasteiger partial charge < -0.3 is 25.3 Å². The van der Waals surface area contributed by atoms with E-state index < -0.39 is 11.7 Å². The van der Waals surface area contributed by atoms with Gasteiger partial charge in [-0.3, -0.25) is 9.59 Å². The second-order valence-electron chi connectivity index (χ2n) is 4.90. The first-order valence-electron chi connectivity index (χ1n) is 6.52. The number of hydrogen-bond donors (Lipinski definition) is 2. The van der Waals surface area contributed by atoms with Crippen molar-refractivity contribution in [3.8, 4) is 0 Å². The SMILES string of the molecule is CC(=O)OCCN.CC(=O)OCCNC(=O)OC(C)(C)C. The molecular formula is C13H26N2O6. The van der Waals surface area contributed by atoms with Gasteiger partial charge in [0, 0.05) is 20.4 Å². The van der Waals surface area contributed by atoms with Crippen molar-refractivity contribution in [3.05, 3.63) is 0 Å². The first-order valence-corrected chi connectivity index (χ1v) is 6.52. The summed E-state index contributed by atoms with van der Waals surface area (Å²) in [6, 6.07) is 0. The zero-order valence-corrected chi connectivity index (χ0v) is 13.4. The average Bonchev–Trinajstić information content (AvgIpc) is 2.30. The van der Waals surface area contributed by atoms with Crippen LogP contribution in [0.1, 0.15) is 34.6 Å². The number of alkyl carbamates (subject to hydrolysis) is 1. The van der Waals surface area contributed by atoms with E-state index in [1.54, 1.807) is 20.8 Å². The van der Waals surface area contributed by atoms with Crippen molar-refractivity contribution in [2.45, 2.75) is 40.2 Å². The molecule has 0 saturated carbocycles. The number of rotatable bonds is 5. The number of esters is 2. The van der Waals surface area contributed by atoms with E-state index in [4.69, 9.17) is 10.5 Å². The first kappa shape index (κ1) is 21.5. The summed E-state index contributed by atoms with van der Waals surface area (Å²) in [7, 11) is 0. The number of amides is 1. The van der Waals surface area contributed by atoms with Gasteiger partial charge in [-0.15, -0.1) is 0 Å². The van der Waals surface area contributed by atoms with Crippen LogP contribution in [0.25, 0.3) is 0 Å². The van der Waals surface area contributed by atoms with Crippen LogP contribution in [0.3, 0.4) is 0 Å². The minimum atomic E-state index is -0.510. The Bertz CT molecular complexity index is 325. The van der Waals surface area contributed by atoms with E-state index in [0.29, 0.717) is 13.2 Å². The van der Waals surface area contributed by atoms with Gasteiger partial charge in [0.25, 0.3) is 0 Å². The number of hydrogen-bond acceptors (Lipinski definition) is 7. The van der Waals surface area contributed by atoms with Crippen molar-refractivity contribution in [1.29, 1.82) is 0 Å². The molecule has 0 aliphatic rings. The maximum absolute atomic E-state index is 11.0. The van der Waals surface area contributed by atoms with Crippen LogP contribution in [0, 0.1) is 0 Å². The van der Waals surface area contributed by atoms with Crippen molar-refractivity contribution in [3.63, 3.8) is 0 Å². The van der Waals surface area contributed by atoms with E-state index in [-0.39, 0.29) is 25.1 Å². The monoisotopic (exact) mass is 306 g/mol. The molecule has 3 N–H and O–H groups in total. The lowest BCUT2D eigenvalue weighted by molar-refractivity contribution is -0.141. The van der Waals surface area contributed by atoms with Gasteiger partial charge >= 0.3 is 18.0 Å². The second-order valence-corrected chi connectivity index (χ2v) is 4.90. The van der Waals surface area contributed by atoms with Crippen molar-refractivity contribution in [2.75, 3.05) is 26.3 Å². The molecule has 1 amide bonds. The van der Waals surface area contributed by atoms with Crippen LogP contribution in [-0.4, -0.2) is 49.9 Å². The largest absolute Gasteiger partial charge is 0.465 e. The number of carbonyl (C=O) groups is 3. The molecule has 0 fully saturated rings. The molecule has 0 aliphatic heterocycles. The number of nitrogens with one attached hydrogen (secondary N) is 1. The highest BCUT2D eigenvalue weighted by Gasteiger charge is 2.15. The zero-order valence-electron chi connectivity index (χ0n) is 13.4. The van der Waals surface area contributed by atoms with E-state index in [1.165, 1.54) is 13.8 Å². The molecule has 0 bridgehead atoms. The summed E-state index contributed by atoms with van der Waals surface area (Å²) in [5.74, 6) is -0.638. The minimum absolute atomic E-state index is 0.161. The summed E-state index contributed by atoms with van der Waals surface area (Å²) >= 11 is 0. The molecule has 0 spiro atoms. The molecule has 21 heavy (non-hydrogen) atoms. The van der Waals surface area contributed by atoms with E-state index in [2.05, 4.69) is 14.8 Å². The van der Waals surface area contributed by atoms with Crippen LogP contribution in [0.5, 0.6) is 0 Å². The maximum atomic E-state index is 11.0. The Morgan fingerprint density at radius 3 is 1.81 bits per heavy atom. The van der Waals surface area contributed by atoms with Gasteiger partial charge in [0.15, 0.2) is 0 Å². The molecule has 0 atom stereocenters. The molecule has 8 heteroatoms. The predicted octanol–water partition coefficient (Wildman–Crippen LogP) is 0.582. The standard InChI is InChI=1S/C9H17NO4.C4H9NO2/c1-7(11)13-6-5-10-8(12)14-9(2,3)4;1-4(6)7-3-2-5/h5-6H2,1-4H3,(H,10,12);2-3,5H2,1H3. The summed E-state index contributed by atoms with van der Waals surface area (Å²) < 4.78 is 14.0. The fourth-order valence-electron chi connectivity index (χ4n) is 0.865. The molecule has 0 radical (unpaired) electrons. The molecule has 0 aromatic rings. The van der Waals surface area contributed by atoms with E-state index in [0.717, 1.165) is 0 Å². The van der Waals surface area contributed by atoms with Crippen molar-refractivity contribution >= 4 is 18.0 Å². The lowest BCUT2D eigenvalue weighted by Crippen LogP contribution is -2.34. The highest BCUT2D eigenvalue weighted by Crippen LogP contribution is 2.05. The van der Waals surface area contributed by atoms with E-state index >= 15 is 0 Å². The summed E-state index contributed by atoms with van der Waals surface area (Å²) in [6.45, 7) is 9.15. The van der Waals surface area contributed by atoms with Crippen molar-refractivity contribution in [2.24, 2.45) is 5.73 Å². The summed E-state index contributed by atoms with van der Waals surface area (Å²) in [6.07, 6.45) is -0.510. The predicted molar refractivity (Wildman–Crippen MR) is 76.6 cm³/mol. The summed E-state index contributed by atoms with van der Waals surface area (Å²) in [4.78, 5) is 31.3. The van der Waals surface area contributed by atoms with E-state index in [1.807, 2.05) is 0 Å². The molecule has 0 heterocycles. The normalized spacial score (nSPS) is 9.81. The molecule has 0 rings (SSSR count). The molecular weight excluding hydrogens is 280 g/mol. The zero-order chi connectivity index (χ0) is 16.9. The van der Waals surface area contributed by atoms with Crippen molar-refractivity contribution in [1.82, 2.24) is 5.32 Å². The third-order valence-corrected chi connectivity index (χ3v) is 1.50. The number of ether oxygens (including phenoxy) is 3. The van der Waals surface area contributed by atoms with Gasteiger partial charge in [0.05, 0.1) is 6.54 Å². The molecule has 0 saturated heterocycles. The molecule has 0 aromatic carbocycles. The van der Waals surface area contributed by atoms with Crippen LogP contribution in [0.2, 0.25) is 0 Å². The van der Waals surface area contributed by atoms with Gasteiger partial charge in [-0.25, -0.2) is 4.79 Å². The Kier molecular flexibility index (Phi) is 12.2. The maximum Gasteiger partial charge on any atom is 0.407 e. The van der Waals surface area contributed by atoms with Crippen molar-refractivity contribution < 1.29 is 28.6 Å². The Hall–Kier alpha value is -1.83. The fraction of sp³-hybridized carbons (Fsp3) is 0.769. The number of carbonyl (C=O) groups excluding carboxylic acids is 3. The molecule has 8 nitrogen and oxygen atoms in total. The molecule has 124 valence electrons. The van der Waals surface area contributed by atoms with Gasteiger partial charge in [-0.2, -0.15) is 0 Å². The molecule has 0 aliphatic carbocycles. The van der Waals surface area contributed by atoms with Crippen LogP contribution in [0.4, 0.5) is 4.79 Å². The third kappa shape index (κ3) is 23.7. The van der Waals surface area contributed by atoms with Crippen LogP contribution >= 0.6 is 0 Å². The molecule has 0 unspecified atom stereocenters. The smallest absolute Gasteiger partial charge is 0.407 e. The van der Waals surface area contributed by atoms with Gasteiger partial charge in [-0.1, -0.05) is 0 Å². The highest BCUT2D eigenvalue weighted by atomic mass is 16.6. The second kappa shape index (κ2) is 12.0. The lowest BCUT2D eigenvalue weighted by atomic mass is 10.2. The van der Waals surface area contributed by atoms with Crippen LogP contribution < -0.4 is 11.1 Å². The lowest BCUT2D eigenvalue weighted by Gasteiger charge is -2.19. The number of nitrogens with two attached hydrogens (primary N) is 1. The van der Waals surface area contributed by atoms with Gasteiger partial charge in [0.2, 0.25) is 0 Å². The van der Waals surface area contributed by atoms with Crippen LogP contribution in [0.15, 0.2) is 0 Å². The van der Waals surface area contributed by atoms with Gasteiger partial charge in [-0.05, 0) is 20.8 Å². The Labute approximate surface area is 125 Å². The Morgan fingerprint density at radius 2 is 1.48 bits per heavy atom. The summed E-state index contributed by atoms with van der Waals surface area (Å²) in [5.41, 5.74) is 4.49. The Morgan fingerprint density at radius 1 is 1.00 bits per heavy atom.